The molecular weight excluding hydrogens is 886 g/mol. The van der Waals surface area contributed by atoms with Crippen LogP contribution in [0.5, 0.6) is 0 Å². The van der Waals surface area contributed by atoms with E-state index in [2.05, 4.69) is 108 Å². The number of hydrogen-bond acceptors (Lipinski definition) is 11. The van der Waals surface area contributed by atoms with Crippen LogP contribution >= 0.6 is 15.6 Å². The average molecular weight is 965 g/mol. The molecule has 0 saturated carbocycles. The van der Waals surface area contributed by atoms with Crippen molar-refractivity contribution < 1.29 is 66.7 Å². The summed E-state index contributed by atoms with van der Waals surface area (Å²) < 4.78 is 47.5. The van der Waals surface area contributed by atoms with E-state index in [9.17, 15) is 33.8 Å². The van der Waals surface area contributed by atoms with Crippen LogP contribution in [-0.4, -0.2) is 81.6 Å². The number of allylic oxidation sites excluding steroid dienone is 21. The maximum atomic E-state index is 12.7. The summed E-state index contributed by atoms with van der Waals surface area (Å²) in [5.74, 6) is -1.42. The average Bonchev–Trinajstić information content (AvgIpc) is 3.28. The van der Waals surface area contributed by atoms with Crippen molar-refractivity contribution >= 4 is 27.6 Å². The molecule has 0 rings (SSSR count). The standard InChI is InChI=1S/C50H78O14P2/c1-3-5-7-9-11-13-15-17-19-21-22-23-25-27-29-31-33-35-37-39-49(53)60-44-48(45-63-66(58,59)62-43-47(52)42-61-65(55,56)57)64-50(54)41-40-46(51)38-36-34-32-30-28-26-24-20-18-16-14-12-10-8-6-4-2/h6,8,11-14,17-20,22-23,26-29,32-36,38,46-48,51-52H,3-5,7,9-10,15-16,21,24-25,30-31,37,39-45H2,1-2H3,(H,58,59)(H2,55,56,57)/b8-6-,13-11-,14-12-,19-17-,20-18-,23-22-,28-26-,29-27-,34-32-,35-33-,38-36-/t46?,47-,48+/m0/s1. The minimum Gasteiger partial charge on any atom is -0.462 e. The maximum Gasteiger partial charge on any atom is 0.472 e. The number of rotatable bonds is 41. The van der Waals surface area contributed by atoms with Crippen LogP contribution in [0.1, 0.15) is 123 Å². The Morgan fingerprint density at radius 2 is 0.985 bits per heavy atom. The smallest absolute Gasteiger partial charge is 0.462 e. The SMILES string of the molecule is CC/C=C\C/C=C\C/C=C\C/C=C\C/C=C\C=C/C(O)CCC(=O)O[C@H](COC(=O)CC/C=C\C/C=C\C/C=C\C/C=C\C/C=C\CCCCC)COP(=O)(O)OC[C@@H](O)COP(=O)(O)O. The van der Waals surface area contributed by atoms with Crippen molar-refractivity contribution in [1.82, 2.24) is 0 Å². The number of phosphoric acid groups is 2. The quantitative estimate of drug-likeness (QED) is 0.0127. The molecule has 4 atom stereocenters. The Hall–Kier alpha value is -3.78. The maximum absolute atomic E-state index is 12.7. The lowest BCUT2D eigenvalue weighted by Gasteiger charge is -2.20. The van der Waals surface area contributed by atoms with E-state index in [-0.39, 0.29) is 19.3 Å². The van der Waals surface area contributed by atoms with Gasteiger partial charge in [0.15, 0.2) is 6.10 Å². The molecule has 0 bridgehead atoms. The van der Waals surface area contributed by atoms with Crippen LogP contribution in [0.4, 0.5) is 0 Å². The van der Waals surface area contributed by atoms with E-state index >= 15 is 0 Å². The predicted octanol–water partition coefficient (Wildman–Crippen LogP) is 11.2. The van der Waals surface area contributed by atoms with Crippen LogP contribution < -0.4 is 0 Å². The van der Waals surface area contributed by atoms with E-state index in [1.54, 1.807) is 12.2 Å². The van der Waals surface area contributed by atoms with Crippen LogP contribution in [0.2, 0.25) is 0 Å². The van der Waals surface area contributed by atoms with Gasteiger partial charge in [-0.2, -0.15) is 0 Å². The Labute approximate surface area is 394 Å². The molecule has 14 nitrogen and oxygen atoms in total. The summed E-state index contributed by atoms with van der Waals surface area (Å²) in [6.45, 7) is 1.24. The first-order valence-corrected chi connectivity index (χ1v) is 26.0. The molecule has 16 heteroatoms. The zero-order valence-corrected chi connectivity index (χ0v) is 40.9. The molecule has 0 amide bonds. The number of hydrogen-bond donors (Lipinski definition) is 5. The molecule has 0 aliphatic rings. The molecule has 5 N–H and O–H groups in total. The Kier molecular flexibility index (Phi) is 41.3. The van der Waals surface area contributed by atoms with E-state index in [1.165, 1.54) is 25.3 Å². The van der Waals surface area contributed by atoms with E-state index in [0.717, 1.165) is 51.4 Å². The lowest BCUT2D eigenvalue weighted by Crippen LogP contribution is -2.30. The van der Waals surface area contributed by atoms with E-state index in [1.807, 2.05) is 30.4 Å². The summed E-state index contributed by atoms with van der Waals surface area (Å²) in [6, 6.07) is 0. The van der Waals surface area contributed by atoms with Gasteiger partial charge in [-0.1, -0.05) is 160 Å². The first-order valence-electron chi connectivity index (χ1n) is 23.0. The van der Waals surface area contributed by atoms with Gasteiger partial charge in [-0.15, -0.1) is 0 Å². The van der Waals surface area contributed by atoms with Gasteiger partial charge in [-0.25, -0.2) is 9.13 Å². The summed E-state index contributed by atoms with van der Waals surface area (Å²) in [6.07, 6.45) is 53.5. The molecule has 0 radical (unpaired) electrons. The second kappa shape index (κ2) is 43.8. The third-order valence-electron chi connectivity index (χ3n) is 8.64. The van der Waals surface area contributed by atoms with Crippen molar-refractivity contribution in [2.75, 3.05) is 26.4 Å². The van der Waals surface area contributed by atoms with Crippen LogP contribution in [-0.2, 0) is 41.8 Å². The Morgan fingerprint density at radius 1 is 0.515 bits per heavy atom. The van der Waals surface area contributed by atoms with Crippen molar-refractivity contribution in [2.24, 2.45) is 0 Å². The second-order valence-electron chi connectivity index (χ2n) is 14.8. The van der Waals surface area contributed by atoms with Gasteiger partial charge >= 0.3 is 27.6 Å². The number of phosphoric ester groups is 2. The van der Waals surface area contributed by atoms with Gasteiger partial charge < -0.3 is 34.4 Å². The topological polar surface area (TPSA) is 216 Å². The normalized spacial score (nSPS) is 15.6. The third kappa shape index (κ3) is 46.7. The molecule has 0 aromatic rings. The van der Waals surface area contributed by atoms with Crippen LogP contribution in [0, 0.1) is 0 Å². The number of unbranched alkanes of at least 4 members (excludes halogenated alkanes) is 3. The molecule has 66 heavy (non-hydrogen) atoms. The molecule has 0 aliphatic carbocycles. The van der Waals surface area contributed by atoms with E-state index in [0.29, 0.717) is 19.3 Å². The van der Waals surface area contributed by atoms with Crippen molar-refractivity contribution in [3.05, 3.63) is 134 Å². The number of carbonyl (C=O) groups excluding carboxylic acids is 2. The second-order valence-corrected chi connectivity index (χ2v) is 17.5. The monoisotopic (exact) mass is 964 g/mol. The highest BCUT2D eigenvalue weighted by molar-refractivity contribution is 7.47. The van der Waals surface area contributed by atoms with Crippen molar-refractivity contribution in [3.63, 3.8) is 0 Å². The Balaban J connectivity index is 4.86. The summed E-state index contributed by atoms with van der Waals surface area (Å²) in [5.41, 5.74) is 0. The fourth-order valence-electron chi connectivity index (χ4n) is 5.14. The fraction of sp³-hybridized carbons (Fsp3) is 0.520. The zero-order valence-electron chi connectivity index (χ0n) is 39.1. The fourth-order valence-corrected chi connectivity index (χ4v) is 6.30. The lowest BCUT2D eigenvalue weighted by molar-refractivity contribution is -0.161. The highest BCUT2D eigenvalue weighted by Crippen LogP contribution is 2.43. The van der Waals surface area contributed by atoms with Gasteiger partial charge in [-0.3, -0.25) is 23.2 Å². The zero-order chi connectivity index (χ0) is 48.8. The molecule has 0 aromatic carbocycles. The lowest BCUT2D eigenvalue weighted by atomic mass is 10.2. The van der Waals surface area contributed by atoms with Crippen molar-refractivity contribution in [2.45, 2.75) is 141 Å². The molecule has 0 aliphatic heterocycles. The molecular formula is C50H78O14P2. The number of carbonyl (C=O) groups is 2. The van der Waals surface area contributed by atoms with Gasteiger partial charge in [0.25, 0.3) is 0 Å². The summed E-state index contributed by atoms with van der Waals surface area (Å²) in [7, 11) is -9.81. The van der Waals surface area contributed by atoms with Gasteiger partial charge in [0, 0.05) is 12.8 Å². The van der Waals surface area contributed by atoms with Crippen LogP contribution in [0.3, 0.4) is 0 Å². The highest BCUT2D eigenvalue weighted by Gasteiger charge is 2.28. The molecule has 0 saturated heterocycles. The first kappa shape index (κ1) is 62.2. The molecule has 0 spiro atoms. The number of aliphatic hydroxyl groups excluding tert-OH is 2. The van der Waals surface area contributed by atoms with Gasteiger partial charge in [0.05, 0.1) is 25.9 Å². The molecule has 0 aromatic heterocycles. The van der Waals surface area contributed by atoms with Gasteiger partial charge in [-0.05, 0) is 83.5 Å². The van der Waals surface area contributed by atoms with Gasteiger partial charge in [0.2, 0.25) is 0 Å². The van der Waals surface area contributed by atoms with Crippen LogP contribution in [0.25, 0.3) is 0 Å². The summed E-state index contributed by atoms with van der Waals surface area (Å²) >= 11 is 0. The molecule has 0 fully saturated rings. The summed E-state index contributed by atoms with van der Waals surface area (Å²) in [5, 5.41) is 20.1. The van der Waals surface area contributed by atoms with E-state index in [4.69, 9.17) is 23.8 Å². The molecule has 2 unspecified atom stereocenters. The largest absolute Gasteiger partial charge is 0.472 e. The Bertz CT molecular complexity index is 1680. The number of ether oxygens (including phenoxy) is 2. The third-order valence-corrected chi connectivity index (χ3v) is 10.1. The predicted molar refractivity (Wildman–Crippen MR) is 263 cm³/mol. The minimum absolute atomic E-state index is 0.00300. The van der Waals surface area contributed by atoms with Crippen molar-refractivity contribution in [3.8, 4) is 0 Å². The summed E-state index contributed by atoms with van der Waals surface area (Å²) in [4.78, 5) is 52.8. The Morgan fingerprint density at radius 3 is 1.50 bits per heavy atom. The molecule has 372 valence electrons. The minimum atomic E-state index is -4.90. The van der Waals surface area contributed by atoms with E-state index < -0.39 is 72.3 Å². The van der Waals surface area contributed by atoms with Crippen LogP contribution in [0.15, 0.2) is 134 Å². The van der Waals surface area contributed by atoms with Gasteiger partial charge in [0.1, 0.15) is 12.7 Å². The molecule has 0 heterocycles. The number of esters is 2. The van der Waals surface area contributed by atoms with Crippen molar-refractivity contribution in [1.29, 1.82) is 0 Å². The first-order chi connectivity index (χ1) is 31.8. The number of aliphatic hydroxyl groups is 2. The highest BCUT2D eigenvalue weighted by atomic mass is 31.2.